The van der Waals surface area contributed by atoms with Crippen LogP contribution in [0.5, 0.6) is 11.5 Å². The molecule has 2 fully saturated rings. The van der Waals surface area contributed by atoms with E-state index in [1.165, 1.54) is 11.3 Å². The van der Waals surface area contributed by atoms with Gasteiger partial charge in [0, 0.05) is 22.6 Å². The fourth-order valence-electron chi connectivity index (χ4n) is 5.72. The van der Waals surface area contributed by atoms with E-state index in [2.05, 4.69) is 42.9 Å². The first-order chi connectivity index (χ1) is 19.6. The maximum absolute atomic E-state index is 13.6. The molecule has 216 valence electrons. The second kappa shape index (κ2) is 11.0. The van der Waals surface area contributed by atoms with Crippen LogP contribution in [0, 0.1) is 5.92 Å². The van der Waals surface area contributed by atoms with E-state index in [0.717, 1.165) is 41.8 Å². The van der Waals surface area contributed by atoms with Gasteiger partial charge in [-0.15, -0.1) is 0 Å². The predicted molar refractivity (Wildman–Crippen MR) is 163 cm³/mol. The number of benzene rings is 2. The van der Waals surface area contributed by atoms with Crippen LogP contribution in [-0.2, 0) is 10.2 Å². The molecule has 2 aliphatic heterocycles. The third-order valence-electron chi connectivity index (χ3n) is 9.05. The number of likely N-dealkylation sites (tertiary alicyclic amines) is 1. The van der Waals surface area contributed by atoms with Crippen LogP contribution < -0.4 is 14.8 Å². The van der Waals surface area contributed by atoms with Gasteiger partial charge in [-0.1, -0.05) is 74.9 Å². The molecule has 2 radical (unpaired) electrons. The van der Waals surface area contributed by atoms with Crippen molar-refractivity contribution in [2.75, 3.05) is 18.7 Å². The second-order valence-electron chi connectivity index (χ2n) is 12.2. The number of carbonyl (C=O) groups excluding carboxylic acids is 1. The number of aromatic nitrogens is 1. The maximum Gasteiger partial charge on any atom is 0.236 e. The van der Waals surface area contributed by atoms with Gasteiger partial charge in [-0.25, -0.2) is 4.98 Å². The summed E-state index contributed by atoms with van der Waals surface area (Å²) in [4.78, 5) is 21.3. The molecule has 3 heterocycles. The molecule has 3 atom stereocenters. The maximum atomic E-state index is 13.6. The molecular formula is C31H36ClN3O4SSi. The molecule has 7 nitrogen and oxygen atoms in total. The highest BCUT2D eigenvalue weighted by atomic mass is 35.5. The number of fused-ring (bicyclic) bond motifs is 1. The number of carbonyl (C=O) groups is 1. The van der Waals surface area contributed by atoms with Crippen molar-refractivity contribution >= 4 is 43.5 Å². The summed E-state index contributed by atoms with van der Waals surface area (Å²) in [5, 5.41) is 16.1. The number of aliphatic hydroxyl groups excluding tert-OH is 1. The Morgan fingerprint density at radius 1 is 1.22 bits per heavy atom. The van der Waals surface area contributed by atoms with Crippen LogP contribution in [-0.4, -0.2) is 50.0 Å². The molecule has 1 amide bonds. The van der Waals surface area contributed by atoms with Crippen molar-refractivity contribution in [1.82, 2.24) is 9.88 Å². The number of anilines is 1. The van der Waals surface area contributed by atoms with Gasteiger partial charge in [0.05, 0.1) is 21.0 Å². The lowest BCUT2D eigenvalue weighted by Gasteiger charge is -2.35. The number of nitrogens with one attached hydrogen (secondary N) is 1. The number of halogens is 1. The average Bonchev–Trinajstić information content (AvgIpc) is 3.22. The summed E-state index contributed by atoms with van der Waals surface area (Å²) in [6.07, 6.45) is 3.70. The van der Waals surface area contributed by atoms with E-state index < -0.39 is 11.6 Å². The van der Waals surface area contributed by atoms with E-state index >= 15 is 0 Å². The zero-order chi connectivity index (χ0) is 28.9. The summed E-state index contributed by atoms with van der Waals surface area (Å²) in [5.41, 5.74) is 1.47. The summed E-state index contributed by atoms with van der Waals surface area (Å²) >= 11 is 8.18. The number of thiazole rings is 1. The molecule has 3 aromatic rings. The topological polar surface area (TPSA) is 83.9 Å². The van der Waals surface area contributed by atoms with Crippen LogP contribution in [0.4, 0.5) is 5.13 Å². The van der Waals surface area contributed by atoms with E-state index in [0.29, 0.717) is 37.1 Å². The molecular weight excluding hydrogens is 574 g/mol. The first kappa shape index (κ1) is 28.7. The summed E-state index contributed by atoms with van der Waals surface area (Å²) in [6.45, 7) is 10.1. The minimum atomic E-state index is -0.589. The van der Waals surface area contributed by atoms with Gasteiger partial charge in [-0.05, 0) is 65.1 Å². The Labute approximate surface area is 253 Å². The number of nitrogens with zero attached hydrogens (tertiary/aromatic N) is 2. The summed E-state index contributed by atoms with van der Waals surface area (Å²) in [5.74, 6) is 1.85. The number of hydrogen-bond donors (Lipinski definition) is 2. The number of amides is 1. The SMILES string of the molecule is CC(C)C(C)(C)[Si]C1CCN([C@@H](c2cnc(NC(=O)C3(c4ccc5c(c4)OCO5)CC3)s2)c2ccccc2Cl)C1O. The summed E-state index contributed by atoms with van der Waals surface area (Å²) in [6, 6.07) is 13.3. The van der Waals surface area contributed by atoms with Crippen LogP contribution in [0.1, 0.15) is 69.0 Å². The monoisotopic (exact) mass is 609 g/mol. The first-order valence-corrected chi connectivity index (χ1v) is 16.5. The lowest BCUT2D eigenvalue weighted by atomic mass is 9.94. The standard InChI is InChI=1S/C31H36ClN3O4SSi/c1-18(2)30(3,4)41-25-11-14-35(27(25)36)26(20-7-5-6-8-21(20)32)24-16-33-29(40-24)34-28(37)31(12-13-31)19-9-10-22-23(15-19)39-17-38-22/h5-10,15-16,18,25-27,36H,11-14,17H2,1-4H3,(H,33,34,37)/t25?,26-,27?/m1/s1. The van der Waals surface area contributed by atoms with Crippen molar-refractivity contribution in [2.45, 2.75) is 75.2 Å². The Morgan fingerprint density at radius 3 is 2.71 bits per heavy atom. The van der Waals surface area contributed by atoms with E-state index in [4.69, 9.17) is 21.1 Å². The van der Waals surface area contributed by atoms with Crippen molar-refractivity contribution < 1.29 is 19.4 Å². The molecule has 2 aromatic carbocycles. The second-order valence-corrected chi connectivity index (χ2v) is 16.0. The van der Waals surface area contributed by atoms with Crippen molar-refractivity contribution in [3.05, 3.63) is 69.7 Å². The van der Waals surface area contributed by atoms with Crippen LogP contribution in [0.3, 0.4) is 0 Å². The van der Waals surface area contributed by atoms with Crippen molar-refractivity contribution in [3.63, 3.8) is 0 Å². The number of ether oxygens (including phenoxy) is 2. The van der Waals surface area contributed by atoms with Gasteiger partial charge in [0.25, 0.3) is 0 Å². The molecule has 1 saturated carbocycles. The largest absolute Gasteiger partial charge is 0.454 e. The van der Waals surface area contributed by atoms with Crippen LogP contribution in [0.2, 0.25) is 15.6 Å². The van der Waals surface area contributed by atoms with Gasteiger partial charge >= 0.3 is 0 Å². The third-order valence-corrected chi connectivity index (χ3v) is 12.6. The molecule has 6 rings (SSSR count). The van der Waals surface area contributed by atoms with E-state index in [9.17, 15) is 9.90 Å². The Morgan fingerprint density at radius 2 is 1.98 bits per heavy atom. The Kier molecular flexibility index (Phi) is 7.70. The normalized spacial score (nSPS) is 22.2. The number of aliphatic hydroxyl groups is 1. The Hall–Kier alpha value is -2.43. The zero-order valence-electron chi connectivity index (χ0n) is 23.8. The lowest BCUT2D eigenvalue weighted by Crippen LogP contribution is -2.37. The molecule has 2 N–H and O–H groups in total. The summed E-state index contributed by atoms with van der Waals surface area (Å²) < 4.78 is 11.0. The van der Waals surface area contributed by atoms with E-state index in [1.807, 2.05) is 48.7 Å². The highest BCUT2D eigenvalue weighted by Crippen LogP contribution is 2.52. The third kappa shape index (κ3) is 5.43. The van der Waals surface area contributed by atoms with Crippen molar-refractivity contribution in [3.8, 4) is 11.5 Å². The van der Waals surface area contributed by atoms with Gasteiger partial charge in [-0.3, -0.25) is 9.69 Å². The minimum absolute atomic E-state index is 0.0649. The van der Waals surface area contributed by atoms with Gasteiger partial charge in [-0.2, -0.15) is 0 Å². The number of rotatable bonds is 9. The molecule has 41 heavy (non-hydrogen) atoms. The highest BCUT2D eigenvalue weighted by molar-refractivity contribution is 7.15. The molecule has 10 heteroatoms. The quantitative estimate of drug-likeness (QED) is 0.264. The zero-order valence-corrected chi connectivity index (χ0v) is 26.4. The van der Waals surface area contributed by atoms with Crippen LogP contribution >= 0.6 is 22.9 Å². The van der Waals surface area contributed by atoms with Gasteiger partial charge < -0.3 is 19.9 Å². The average molecular weight is 610 g/mol. The molecule has 0 spiro atoms. The van der Waals surface area contributed by atoms with E-state index in [-0.39, 0.29) is 29.3 Å². The lowest BCUT2D eigenvalue weighted by molar-refractivity contribution is -0.118. The van der Waals surface area contributed by atoms with Crippen LogP contribution in [0.25, 0.3) is 0 Å². The van der Waals surface area contributed by atoms with Gasteiger partial charge in [0.15, 0.2) is 16.6 Å². The minimum Gasteiger partial charge on any atom is -0.454 e. The number of hydrogen-bond acceptors (Lipinski definition) is 7. The molecule has 3 aliphatic rings. The van der Waals surface area contributed by atoms with Crippen LogP contribution in [0.15, 0.2) is 48.7 Å². The Bertz CT molecular complexity index is 1440. The van der Waals surface area contributed by atoms with E-state index in [1.54, 1.807) is 0 Å². The fourth-order valence-corrected chi connectivity index (χ4v) is 8.81. The first-order valence-electron chi connectivity index (χ1n) is 14.2. The Balaban J connectivity index is 1.24. The molecule has 1 saturated heterocycles. The summed E-state index contributed by atoms with van der Waals surface area (Å²) in [7, 11) is 0.644. The smallest absolute Gasteiger partial charge is 0.236 e. The molecule has 0 bridgehead atoms. The fraction of sp³-hybridized carbons (Fsp3) is 0.484. The predicted octanol–water partition coefficient (Wildman–Crippen LogP) is 6.66. The van der Waals surface area contributed by atoms with Crippen molar-refractivity contribution in [2.24, 2.45) is 5.92 Å². The van der Waals surface area contributed by atoms with Gasteiger partial charge in [0.2, 0.25) is 12.7 Å². The highest BCUT2D eigenvalue weighted by Gasteiger charge is 2.52. The van der Waals surface area contributed by atoms with Crippen molar-refractivity contribution in [1.29, 1.82) is 0 Å². The van der Waals surface area contributed by atoms with Gasteiger partial charge in [0.1, 0.15) is 6.23 Å². The molecule has 2 unspecified atom stereocenters. The molecule has 1 aromatic heterocycles. The molecule has 1 aliphatic carbocycles.